The van der Waals surface area contributed by atoms with Crippen LogP contribution in [-0.2, 0) is 0 Å². The van der Waals surface area contributed by atoms with Crippen LogP contribution in [0.25, 0.3) is 0 Å². The van der Waals surface area contributed by atoms with Crippen LogP contribution in [0.3, 0.4) is 0 Å². The van der Waals surface area contributed by atoms with E-state index in [1.807, 2.05) is 0 Å². The average molecular weight is 217 g/mol. The number of hydrogen-bond acceptors (Lipinski definition) is 2. The van der Waals surface area contributed by atoms with Crippen LogP contribution in [-0.4, -0.2) is 11.7 Å². The summed E-state index contributed by atoms with van der Waals surface area (Å²) in [5.41, 5.74) is 0.347. The van der Waals surface area contributed by atoms with Crippen molar-refractivity contribution in [3.05, 3.63) is 0 Å². The Kier molecular flexibility index (Phi) is 12.1. The summed E-state index contributed by atoms with van der Waals surface area (Å²) in [6.45, 7) is 7.11. The lowest BCUT2D eigenvalue weighted by Gasteiger charge is -2.23. The Bertz CT molecular complexity index is 124. The summed E-state index contributed by atoms with van der Waals surface area (Å²) in [7, 11) is 0. The van der Waals surface area contributed by atoms with Gasteiger partial charge in [-0.2, -0.15) is 0 Å². The van der Waals surface area contributed by atoms with Gasteiger partial charge in [0.1, 0.15) is 0 Å². The van der Waals surface area contributed by atoms with Gasteiger partial charge in [0.05, 0.1) is 0 Å². The molecule has 0 aromatic heterocycles. The van der Waals surface area contributed by atoms with Crippen molar-refractivity contribution in [1.29, 1.82) is 0 Å². The number of aliphatic hydroxyl groups is 1. The van der Waals surface area contributed by atoms with Gasteiger partial charge >= 0.3 is 0 Å². The standard InChI is InChI=1S/C13H28O.H3N/c1-4-5-6-7-8-9-10-13(2,3)11-12-14;/h14H,4-12H2,1-3H3;1H3. The maximum absolute atomic E-state index is 8.87. The smallest absolute Gasteiger partial charge is 0.0436 e. The largest absolute Gasteiger partial charge is 0.396 e. The van der Waals surface area contributed by atoms with E-state index in [1.165, 1.54) is 44.9 Å². The highest BCUT2D eigenvalue weighted by atomic mass is 16.3. The van der Waals surface area contributed by atoms with E-state index in [4.69, 9.17) is 5.11 Å². The highest BCUT2D eigenvalue weighted by Crippen LogP contribution is 2.27. The Labute approximate surface area is 96.0 Å². The van der Waals surface area contributed by atoms with Crippen LogP contribution >= 0.6 is 0 Å². The Morgan fingerprint density at radius 2 is 1.40 bits per heavy atom. The van der Waals surface area contributed by atoms with Crippen LogP contribution in [0.5, 0.6) is 0 Å². The second-order valence-corrected chi connectivity index (χ2v) is 5.16. The van der Waals surface area contributed by atoms with E-state index in [0.717, 1.165) is 6.42 Å². The molecule has 0 aromatic carbocycles. The molecule has 2 heteroatoms. The summed E-state index contributed by atoms with van der Waals surface area (Å²) in [6.07, 6.45) is 10.4. The molecular weight excluding hydrogens is 186 g/mol. The maximum Gasteiger partial charge on any atom is 0.0436 e. The van der Waals surface area contributed by atoms with Crippen molar-refractivity contribution in [3.8, 4) is 0 Å². The number of aliphatic hydroxyl groups excluding tert-OH is 1. The summed E-state index contributed by atoms with van der Waals surface area (Å²) >= 11 is 0. The lowest BCUT2D eigenvalue weighted by Crippen LogP contribution is -2.12. The molecule has 2 nitrogen and oxygen atoms in total. The zero-order valence-corrected chi connectivity index (χ0v) is 11.0. The molecular formula is C13H31NO. The molecule has 0 saturated carbocycles. The summed E-state index contributed by atoms with van der Waals surface area (Å²) in [5, 5.41) is 8.87. The Morgan fingerprint density at radius 3 is 1.93 bits per heavy atom. The lowest BCUT2D eigenvalue weighted by atomic mass is 9.84. The molecule has 0 atom stereocenters. The summed E-state index contributed by atoms with van der Waals surface area (Å²) in [4.78, 5) is 0. The van der Waals surface area contributed by atoms with Crippen LogP contribution in [0.1, 0.15) is 72.1 Å². The predicted molar refractivity (Wildman–Crippen MR) is 68.5 cm³/mol. The average Bonchev–Trinajstić information content (AvgIpc) is 2.11. The fourth-order valence-corrected chi connectivity index (χ4v) is 1.81. The van der Waals surface area contributed by atoms with Crippen molar-refractivity contribution in [2.24, 2.45) is 5.41 Å². The van der Waals surface area contributed by atoms with Gasteiger partial charge in [-0.25, -0.2) is 0 Å². The van der Waals surface area contributed by atoms with Gasteiger partial charge in [-0.05, 0) is 18.3 Å². The number of unbranched alkanes of at least 4 members (excludes halogenated alkanes) is 5. The van der Waals surface area contributed by atoms with Crippen molar-refractivity contribution >= 4 is 0 Å². The van der Waals surface area contributed by atoms with E-state index in [9.17, 15) is 0 Å². The third kappa shape index (κ3) is 11.8. The minimum absolute atomic E-state index is 0. The van der Waals surface area contributed by atoms with E-state index in [1.54, 1.807) is 0 Å². The highest BCUT2D eigenvalue weighted by molar-refractivity contribution is 4.67. The van der Waals surface area contributed by atoms with Crippen LogP contribution < -0.4 is 6.15 Å². The molecule has 0 amide bonds. The number of rotatable bonds is 9. The van der Waals surface area contributed by atoms with Crippen molar-refractivity contribution in [3.63, 3.8) is 0 Å². The normalized spacial score (nSPS) is 11.2. The first-order chi connectivity index (χ1) is 6.62. The van der Waals surface area contributed by atoms with Crippen molar-refractivity contribution in [1.82, 2.24) is 6.15 Å². The molecule has 94 valence electrons. The zero-order valence-electron chi connectivity index (χ0n) is 11.0. The SMILES string of the molecule is CCCCCCCCC(C)(C)CCO.N. The highest BCUT2D eigenvalue weighted by Gasteiger charge is 2.15. The van der Waals surface area contributed by atoms with E-state index in [2.05, 4.69) is 20.8 Å². The summed E-state index contributed by atoms with van der Waals surface area (Å²) in [6, 6.07) is 0. The van der Waals surface area contributed by atoms with Crippen LogP contribution in [0.15, 0.2) is 0 Å². The molecule has 0 saturated heterocycles. The minimum Gasteiger partial charge on any atom is -0.396 e. The second-order valence-electron chi connectivity index (χ2n) is 5.16. The van der Waals surface area contributed by atoms with Crippen molar-refractivity contribution in [2.75, 3.05) is 6.61 Å². The molecule has 0 aliphatic carbocycles. The van der Waals surface area contributed by atoms with Crippen LogP contribution in [0, 0.1) is 5.41 Å². The van der Waals surface area contributed by atoms with E-state index < -0.39 is 0 Å². The van der Waals surface area contributed by atoms with Gasteiger partial charge < -0.3 is 11.3 Å². The molecule has 0 aliphatic rings. The van der Waals surface area contributed by atoms with Gasteiger partial charge in [-0.3, -0.25) is 0 Å². The quantitative estimate of drug-likeness (QED) is 0.565. The first kappa shape index (κ1) is 17.3. The maximum atomic E-state index is 8.87. The van der Waals surface area contributed by atoms with Gasteiger partial charge in [0.15, 0.2) is 0 Å². The lowest BCUT2D eigenvalue weighted by molar-refractivity contribution is 0.198. The molecule has 4 N–H and O–H groups in total. The molecule has 0 bridgehead atoms. The zero-order chi connectivity index (χ0) is 10.9. The van der Waals surface area contributed by atoms with E-state index in [0.29, 0.717) is 12.0 Å². The molecule has 0 fully saturated rings. The Morgan fingerprint density at radius 1 is 0.867 bits per heavy atom. The minimum atomic E-state index is 0. The van der Waals surface area contributed by atoms with Gasteiger partial charge in [0.25, 0.3) is 0 Å². The molecule has 0 radical (unpaired) electrons. The Hall–Kier alpha value is -0.0800. The van der Waals surface area contributed by atoms with Crippen LogP contribution in [0.4, 0.5) is 0 Å². The molecule has 0 aromatic rings. The number of hydrogen-bond donors (Lipinski definition) is 2. The predicted octanol–water partition coefficient (Wildman–Crippen LogP) is 4.31. The first-order valence-corrected chi connectivity index (χ1v) is 6.23. The van der Waals surface area contributed by atoms with Gasteiger partial charge in [0.2, 0.25) is 0 Å². The first-order valence-electron chi connectivity index (χ1n) is 6.23. The second kappa shape index (κ2) is 10.4. The van der Waals surface area contributed by atoms with E-state index >= 15 is 0 Å². The Balaban J connectivity index is 0. The topological polar surface area (TPSA) is 55.2 Å². The summed E-state index contributed by atoms with van der Waals surface area (Å²) in [5.74, 6) is 0. The summed E-state index contributed by atoms with van der Waals surface area (Å²) < 4.78 is 0. The molecule has 0 rings (SSSR count). The molecule has 0 heterocycles. The van der Waals surface area contributed by atoms with Crippen LogP contribution in [0.2, 0.25) is 0 Å². The molecule has 15 heavy (non-hydrogen) atoms. The third-order valence-electron chi connectivity index (χ3n) is 3.00. The monoisotopic (exact) mass is 217 g/mol. The van der Waals surface area contributed by atoms with Gasteiger partial charge in [-0.1, -0.05) is 59.3 Å². The van der Waals surface area contributed by atoms with Crippen molar-refractivity contribution < 1.29 is 5.11 Å². The van der Waals surface area contributed by atoms with Gasteiger partial charge in [-0.15, -0.1) is 0 Å². The van der Waals surface area contributed by atoms with E-state index in [-0.39, 0.29) is 6.15 Å². The van der Waals surface area contributed by atoms with Gasteiger partial charge in [0, 0.05) is 6.61 Å². The molecule has 0 unspecified atom stereocenters. The van der Waals surface area contributed by atoms with Crippen molar-refractivity contribution in [2.45, 2.75) is 72.1 Å². The fraction of sp³-hybridized carbons (Fsp3) is 1.00. The third-order valence-corrected chi connectivity index (χ3v) is 3.00. The molecule has 0 aliphatic heterocycles. The molecule has 0 spiro atoms. The fourth-order valence-electron chi connectivity index (χ4n) is 1.81.